The number of benzene rings is 1. The molecule has 1 aromatic rings. The lowest BCUT2D eigenvalue weighted by Gasteiger charge is -2.55. The molecule has 0 nitrogen and oxygen atoms in total. The zero-order chi connectivity index (χ0) is 12.8. The number of alkyl halides is 1. The van der Waals surface area contributed by atoms with Crippen LogP contribution >= 0.6 is 22.6 Å². The van der Waals surface area contributed by atoms with Crippen LogP contribution in [0.25, 0.3) is 0 Å². The molecule has 0 aliphatic heterocycles. The molecule has 0 radical (unpaired) electrons. The van der Waals surface area contributed by atoms with Crippen molar-refractivity contribution in [2.75, 3.05) is 4.43 Å². The molecule has 0 bridgehead atoms. The van der Waals surface area contributed by atoms with E-state index in [0.29, 0.717) is 10.8 Å². The highest BCUT2D eigenvalue weighted by molar-refractivity contribution is 14.1. The number of hydrogen-bond donors (Lipinski definition) is 0. The Bertz CT molecular complexity index is 449. The lowest BCUT2D eigenvalue weighted by atomic mass is 9.50. The minimum atomic E-state index is 0.469. The number of fused-ring (bicyclic) bond motifs is 3. The van der Waals surface area contributed by atoms with Gasteiger partial charge in [-0.25, -0.2) is 0 Å². The van der Waals surface area contributed by atoms with Gasteiger partial charge in [0, 0.05) is 9.84 Å². The number of aryl methyl sites for hydroxylation is 1. The summed E-state index contributed by atoms with van der Waals surface area (Å²) in [5.74, 6) is 0.880. The summed E-state index contributed by atoms with van der Waals surface area (Å²) in [4.78, 5) is 0. The highest BCUT2D eigenvalue weighted by Crippen LogP contribution is 2.57. The third-order valence-electron chi connectivity index (χ3n) is 5.55. The highest BCUT2D eigenvalue weighted by Gasteiger charge is 2.51. The molecule has 1 saturated carbocycles. The van der Waals surface area contributed by atoms with Crippen LogP contribution in [0.3, 0.4) is 0 Å². The number of hydrogen-bond acceptors (Lipinski definition) is 0. The number of rotatable bonds is 1. The van der Waals surface area contributed by atoms with E-state index in [-0.39, 0.29) is 0 Å². The molecule has 1 aromatic carbocycles. The summed E-state index contributed by atoms with van der Waals surface area (Å²) < 4.78 is 1.29. The van der Waals surface area contributed by atoms with Gasteiger partial charge in [0.2, 0.25) is 0 Å². The van der Waals surface area contributed by atoms with Crippen molar-refractivity contribution in [1.82, 2.24) is 0 Å². The van der Waals surface area contributed by atoms with Crippen molar-refractivity contribution < 1.29 is 0 Å². The Labute approximate surface area is 125 Å². The maximum absolute atomic E-state index is 2.65. The van der Waals surface area contributed by atoms with Crippen LogP contribution in [0.2, 0.25) is 0 Å². The fourth-order valence-corrected chi connectivity index (χ4v) is 6.02. The quantitative estimate of drug-likeness (QED) is 0.484. The summed E-state index contributed by atoms with van der Waals surface area (Å²) in [5, 5.41) is 0. The maximum atomic E-state index is 2.65. The lowest BCUT2D eigenvalue weighted by molar-refractivity contribution is 0.0452. The lowest BCUT2D eigenvalue weighted by Crippen LogP contribution is -2.50. The highest BCUT2D eigenvalue weighted by atomic mass is 127. The molecule has 2 aliphatic carbocycles. The largest absolute Gasteiger partial charge is 0.0854 e. The summed E-state index contributed by atoms with van der Waals surface area (Å²) in [7, 11) is 0. The summed E-state index contributed by atoms with van der Waals surface area (Å²) in [6.07, 6.45) is 6.91. The van der Waals surface area contributed by atoms with E-state index >= 15 is 0 Å². The van der Waals surface area contributed by atoms with E-state index in [1.165, 1.54) is 36.5 Å². The standard InChI is InChI=1S/C17H23I/c1-16(2)10-5-11-17(12-18)14-7-4-3-6-13(14)8-9-15(16)17/h3-4,6-7,15H,5,8-12H2,1-2H3/t15-,17-/m1/s1. The van der Waals surface area contributed by atoms with E-state index in [2.05, 4.69) is 60.7 Å². The Kier molecular flexibility index (Phi) is 3.24. The minimum Gasteiger partial charge on any atom is -0.0854 e. The predicted molar refractivity (Wildman–Crippen MR) is 86.5 cm³/mol. The molecule has 2 aliphatic rings. The van der Waals surface area contributed by atoms with Gasteiger partial charge in [0.1, 0.15) is 0 Å². The van der Waals surface area contributed by atoms with Crippen LogP contribution in [-0.2, 0) is 11.8 Å². The topological polar surface area (TPSA) is 0 Å². The first-order valence-electron chi connectivity index (χ1n) is 7.24. The molecule has 1 heteroatoms. The van der Waals surface area contributed by atoms with E-state index in [1.807, 2.05) is 0 Å². The monoisotopic (exact) mass is 354 g/mol. The Balaban J connectivity index is 2.14. The van der Waals surface area contributed by atoms with Crippen LogP contribution in [0.1, 0.15) is 50.7 Å². The van der Waals surface area contributed by atoms with Crippen molar-refractivity contribution in [3.05, 3.63) is 35.4 Å². The van der Waals surface area contributed by atoms with Crippen molar-refractivity contribution in [1.29, 1.82) is 0 Å². The van der Waals surface area contributed by atoms with E-state index in [0.717, 1.165) is 5.92 Å². The van der Waals surface area contributed by atoms with Crippen LogP contribution in [0.15, 0.2) is 24.3 Å². The molecule has 0 heterocycles. The number of halogens is 1. The molecule has 18 heavy (non-hydrogen) atoms. The second-order valence-corrected chi connectivity index (χ2v) is 7.64. The minimum absolute atomic E-state index is 0.469. The summed E-state index contributed by atoms with van der Waals surface area (Å²) in [6.45, 7) is 5.01. The molecule has 98 valence electrons. The SMILES string of the molecule is CC1(C)CCC[C@@]2(CI)c3ccccc3CC[C@H]12. The molecule has 0 unspecified atom stereocenters. The van der Waals surface area contributed by atoms with Crippen molar-refractivity contribution in [3.8, 4) is 0 Å². The summed E-state index contributed by atoms with van der Waals surface area (Å²) in [5.41, 5.74) is 4.31. The van der Waals surface area contributed by atoms with Gasteiger partial charge in [-0.2, -0.15) is 0 Å². The fraction of sp³-hybridized carbons (Fsp3) is 0.647. The van der Waals surface area contributed by atoms with Gasteiger partial charge in [0.25, 0.3) is 0 Å². The first-order chi connectivity index (χ1) is 8.60. The first kappa shape index (κ1) is 13.0. The molecule has 0 aromatic heterocycles. The molecule has 0 amide bonds. The van der Waals surface area contributed by atoms with Crippen LogP contribution in [0, 0.1) is 11.3 Å². The Hall–Kier alpha value is -0.0500. The van der Waals surface area contributed by atoms with Gasteiger partial charge in [0.15, 0.2) is 0 Å². The van der Waals surface area contributed by atoms with Crippen LogP contribution < -0.4 is 0 Å². The second kappa shape index (κ2) is 4.50. The average molecular weight is 354 g/mol. The van der Waals surface area contributed by atoms with Gasteiger partial charge in [-0.15, -0.1) is 0 Å². The average Bonchev–Trinajstić information content (AvgIpc) is 2.38. The fourth-order valence-electron chi connectivity index (χ4n) is 4.70. The molecule has 1 fully saturated rings. The van der Waals surface area contributed by atoms with Crippen LogP contribution in [-0.4, -0.2) is 4.43 Å². The zero-order valence-electron chi connectivity index (χ0n) is 11.5. The van der Waals surface area contributed by atoms with Gasteiger partial charge in [-0.1, -0.05) is 67.1 Å². The van der Waals surface area contributed by atoms with Crippen molar-refractivity contribution in [2.24, 2.45) is 11.3 Å². The van der Waals surface area contributed by atoms with Gasteiger partial charge in [0.05, 0.1) is 0 Å². The Morgan fingerprint density at radius 2 is 2.00 bits per heavy atom. The summed E-state index contributed by atoms with van der Waals surface area (Å²) in [6, 6.07) is 9.24. The Morgan fingerprint density at radius 1 is 1.22 bits per heavy atom. The van der Waals surface area contributed by atoms with E-state index < -0.39 is 0 Å². The predicted octanol–water partition coefficient (Wildman–Crippen LogP) is 5.13. The normalized spacial score (nSPS) is 33.6. The third kappa shape index (κ3) is 1.76. The maximum Gasteiger partial charge on any atom is 0.00955 e. The van der Waals surface area contributed by atoms with E-state index in [1.54, 1.807) is 11.1 Å². The van der Waals surface area contributed by atoms with Gasteiger partial charge in [-0.05, 0) is 48.1 Å². The summed E-state index contributed by atoms with van der Waals surface area (Å²) >= 11 is 2.65. The van der Waals surface area contributed by atoms with Crippen LogP contribution in [0.5, 0.6) is 0 Å². The smallest absolute Gasteiger partial charge is 0.00955 e. The van der Waals surface area contributed by atoms with Gasteiger partial charge in [-0.3, -0.25) is 0 Å². The van der Waals surface area contributed by atoms with Crippen molar-refractivity contribution in [2.45, 2.75) is 51.4 Å². The third-order valence-corrected chi connectivity index (χ3v) is 6.91. The van der Waals surface area contributed by atoms with E-state index in [4.69, 9.17) is 0 Å². The van der Waals surface area contributed by atoms with Crippen molar-refractivity contribution in [3.63, 3.8) is 0 Å². The molecule has 0 saturated heterocycles. The van der Waals surface area contributed by atoms with Gasteiger partial charge >= 0.3 is 0 Å². The zero-order valence-corrected chi connectivity index (χ0v) is 13.7. The van der Waals surface area contributed by atoms with E-state index in [9.17, 15) is 0 Å². The van der Waals surface area contributed by atoms with Crippen LogP contribution in [0.4, 0.5) is 0 Å². The Morgan fingerprint density at radius 3 is 2.78 bits per heavy atom. The molecule has 3 rings (SSSR count). The molecule has 2 atom stereocenters. The molecule has 0 N–H and O–H groups in total. The molecular weight excluding hydrogens is 331 g/mol. The first-order valence-corrected chi connectivity index (χ1v) is 8.77. The second-order valence-electron chi connectivity index (χ2n) is 6.88. The molecule has 0 spiro atoms. The van der Waals surface area contributed by atoms with Crippen molar-refractivity contribution >= 4 is 22.6 Å². The molecular formula is C17H23I. The van der Waals surface area contributed by atoms with Gasteiger partial charge < -0.3 is 0 Å².